The summed E-state index contributed by atoms with van der Waals surface area (Å²) in [6, 6.07) is 17.9. The second-order valence-corrected chi connectivity index (χ2v) is 8.40. The van der Waals surface area contributed by atoms with Crippen LogP contribution < -0.4 is 23.7 Å². The zero-order valence-electron chi connectivity index (χ0n) is 20.0. The maximum absolute atomic E-state index is 13.3. The molecule has 0 saturated heterocycles. The number of carbonyl (C=O) groups is 1. The minimum atomic E-state index is -0.357. The summed E-state index contributed by atoms with van der Waals surface area (Å²) >= 11 is 5.94. The van der Waals surface area contributed by atoms with E-state index in [9.17, 15) is 4.79 Å². The molecule has 0 aliphatic carbocycles. The molecule has 1 aliphatic rings. The lowest BCUT2D eigenvalue weighted by atomic mass is 9.92. The number of hydrogen-bond acceptors (Lipinski definition) is 6. The molecule has 0 unspecified atom stereocenters. The second-order valence-electron chi connectivity index (χ2n) is 7.96. The summed E-state index contributed by atoms with van der Waals surface area (Å²) in [5, 5.41) is 0.606. The number of methoxy groups -OCH3 is 3. The predicted molar refractivity (Wildman–Crippen MR) is 133 cm³/mol. The highest BCUT2D eigenvalue weighted by Gasteiger charge is 2.33. The minimum Gasteiger partial charge on any atom is -0.493 e. The summed E-state index contributed by atoms with van der Waals surface area (Å²) in [5.74, 6) is 2.91. The van der Waals surface area contributed by atoms with Crippen molar-refractivity contribution in [3.05, 3.63) is 76.8 Å². The highest BCUT2D eigenvalue weighted by Crippen LogP contribution is 2.39. The number of para-hydroxylation sites is 2. The highest BCUT2D eigenvalue weighted by atomic mass is 35.5. The Hall–Kier alpha value is -3.58. The van der Waals surface area contributed by atoms with Gasteiger partial charge in [0.05, 0.1) is 27.4 Å². The van der Waals surface area contributed by atoms with Crippen LogP contribution in [0.25, 0.3) is 0 Å². The summed E-state index contributed by atoms with van der Waals surface area (Å²) in [7, 11) is 4.80. The Balaban J connectivity index is 1.60. The first kappa shape index (κ1) is 24.5. The van der Waals surface area contributed by atoms with E-state index in [0.29, 0.717) is 46.7 Å². The van der Waals surface area contributed by atoms with Crippen LogP contribution in [0.5, 0.6) is 28.7 Å². The third-order valence-corrected chi connectivity index (χ3v) is 6.22. The molecule has 35 heavy (non-hydrogen) atoms. The maximum atomic E-state index is 13.3. The normalized spacial score (nSPS) is 14.6. The molecule has 1 atom stereocenters. The van der Waals surface area contributed by atoms with Gasteiger partial charge in [-0.3, -0.25) is 4.79 Å². The van der Waals surface area contributed by atoms with Gasteiger partial charge >= 0.3 is 0 Å². The molecule has 0 N–H and O–H groups in total. The first-order chi connectivity index (χ1) is 17.0. The van der Waals surface area contributed by atoms with Gasteiger partial charge < -0.3 is 28.6 Å². The van der Waals surface area contributed by atoms with Gasteiger partial charge in [0, 0.05) is 11.6 Å². The largest absolute Gasteiger partial charge is 0.493 e. The Labute approximate surface area is 210 Å². The number of carbonyl (C=O) groups excluding carboxylic acids is 1. The Morgan fingerprint density at radius 1 is 0.886 bits per heavy atom. The summed E-state index contributed by atoms with van der Waals surface area (Å²) in [5.41, 5.74) is 2.03. The lowest BCUT2D eigenvalue weighted by Gasteiger charge is -2.37. The van der Waals surface area contributed by atoms with Crippen molar-refractivity contribution in [3.8, 4) is 28.7 Å². The summed E-state index contributed by atoms with van der Waals surface area (Å²) in [6.45, 7) is 0.649. The molecule has 3 aromatic carbocycles. The number of benzene rings is 3. The van der Waals surface area contributed by atoms with Gasteiger partial charge in [-0.2, -0.15) is 0 Å². The average Bonchev–Trinajstić information content (AvgIpc) is 2.90. The number of fused-ring (bicyclic) bond motifs is 1. The molecule has 0 saturated carbocycles. The molecule has 1 amide bonds. The van der Waals surface area contributed by atoms with Crippen molar-refractivity contribution >= 4 is 17.5 Å². The van der Waals surface area contributed by atoms with Crippen molar-refractivity contribution in [1.29, 1.82) is 0 Å². The summed E-state index contributed by atoms with van der Waals surface area (Å²) < 4.78 is 28.3. The standard InChI is InChI=1S/C27H28ClNO6/c1-31-23-6-4-5-7-24(23)35-16-22-21-15-26(33-3)25(32-2)14-18(21)12-13-29(22)27(30)17-34-20-10-8-19(28)9-11-20/h4-11,14-15,22H,12-13,16-17H2,1-3H3/t22-/m0/s1. The molecule has 184 valence electrons. The van der Waals surface area contributed by atoms with Gasteiger partial charge in [-0.05, 0) is 66.1 Å². The van der Waals surface area contributed by atoms with Crippen LogP contribution in [0, 0.1) is 0 Å². The minimum absolute atomic E-state index is 0.102. The van der Waals surface area contributed by atoms with Crippen molar-refractivity contribution in [2.24, 2.45) is 0 Å². The van der Waals surface area contributed by atoms with Gasteiger partial charge in [0.15, 0.2) is 29.6 Å². The topological polar surface area (TPSA) is 66.5 Å². The molecule has 0 fully saturated rings. The van der Waals surface area contributed by atoms with Crippen molar-refractivity contribution in [2.75, 3.05) is 41.1 Å². The Kier molecular flexibility index (Phi) is 7.87. The van der Waals surface area contributed by atoms with E-state index >= 15 is 0 Å². The first-order valence-corrected chi connectivity index (χ1v) is 11.6. The van der Waals surface area contributed by atoms with Crippen LogP contribution in [0.2, 0.25) is 5.02 Å². The Morgan fingerprint density at radius 3 is 2.23 bits per heavy atom. The maximum Gasteiger partial charge on any atom is 0.261 e. The van der Waals surface area contributed by atoms with Gasteiger partial charge in [-0.25, -0.2) is 0 Å². The number of halogens is 1. The van der Waals surface area contributed by atoms with Crippen molar-refractivity contribution in [3.63, 3.8) is 0 Å². The third-order valence-electron chi connectivity index (χ3n) is 5.96. The molecule has 3 aromatic rings. The van der Waals surface area contributed by atoms with Crippen LogP contribution in [0.15, 0.2) is 60.7 Å². The predicted octanol–water partition coefficient (Wildman–Crippen LogP) is 4.95. The molecule has 0 spiro atoms. The zero-order chi connectivity index (χ0) is 24.8. The fourth-order valence-corrected chi connectivity index (χ4v) is 4.30. The van der Waals surface area contributed by atoms with Gasteiger partial charge in [0.1, 0.15) is 12.4 Å². The summed E-state index contributed by atoms with van der Waals surface area (Å²) in [4.78, 5) is 15.1. The van der Waals surface area contributed by atoms with E-state index in [-0.39, 0.29) is 25.2 Å². The van der Waals surface area contributed by atoms with E-state index in [1.807, 2.05) is 36.4 Å². The van der Waals surface area contributed by atoms with Crippen LogP contribution in [0.4, 0.5) is 0 Å². The molecule has 1 heterocycles. The van der Waals surface area contributed by atoms with Gasteiger partial charge in [0.25, 0.3) is 5.91 Å². The molecule has 8 heteroatoms. The first-order valence-electron chi connectivity index (χ1n) is 11.2. The van der Waals surface area contributed by atoms with Crippen LogP contribution >= 0.6 is 11.6 Å². The molecule has 1 aliphatic heterocycles. The highest BCUT2D eigenvalue weighted by molar-refractivity contribution is 6.30. The molecular weight excluding hydrogens is 470 g/mol. The Bertz CT molecular complexity index is 1170. The fourth-order valence-electron chi connectivity index (χ4n) is 4.17. The van der Waals surface area contributed by atoms with Crippen molar-refractivity contribution in [1.82, 2.24) is 4.90 Å². The quantitative estimate of drug-likeness (QED) is 0.417. The monoisotopic (exact) mass is 497 g/mol. The Morgan fingerprint density at radius 2 is 1.54 bits per heavy atom. The van der Waals surface area contributed by atoms with E-state index in [4.69, 9.17) is 35.3 Å². The number of nitrogens with zero attached hydrogens (tertiary/aromatic N) is 1. The van der Waals surface area contributed by atoms with Crippen molar-refractivity contribution < 1.29 is 28.5 Å². The lowest BCUT2D eigenvalue weighted by Crippen LogP contribution is -2.44. The van der Waals surface area contributed by atoms with E-state index in [2.05, 4.69) is 0 Å². The zero-order valence-corrected chi connectivity index (χ0v) is 20.7. The number of rotatable bonds is 9. The number of hydrogen-bond donors (Lipinski definition) is 0. The molecular formula is C27H28ClNO6. The molecule has 7 nitrogen and oxygen atoms in total. The second kappa shape index (κ2) is 11.2. The number of ether oxygens (including phenoxy) is 5. The van der Waals surface area contributed by atoms with E-state index < -0.39 is 0 Å². The summed E-state index contributed by atoms with van der Waals surface area (Å²) in [6.07, 6.45) is 0.674. The van der Waals surface area contributed by atoms with Crippen LogP contribution in [0.3, 0.4) is 0 Å². The molecule has 0 radical (unpaired) electrons. The lowest BCUT2D eigenvalue weighted by molar-refractivity contribution is -0.137. The van der Waals surface area contributed by atoms with E-state index in [1.165, 1.54) is 0 Å². The van der Waals surface area contributed by atoms with Gasteiger partial charge in [-0.1, -0.05) is 23.7 Å². The van der Waals surface area contributed by atoms with E-state index in [1.54, 1.807) is 50.5 Å². The van der Waals surface area contributed by atoms with Gasteiger partial charge in [0.2, 0.25) is 0 Å². The smallest absolute Gasteiger partial charge is 0.261 e. The fraction of sp³-hybridized carbons (Fsp3) is 0.296. The third kappa shape index (κ3) is 5.57. The molecule has 0 bridgehead atoms. The SMILES string of the molecule is COc1cc2c(cc1OC)[C@H](COc1ccccc1OC)N(C(=O)COc1ccc(Cl)cc1)CC2. The van der Waals surface area contributed by atoms with Crippen molar-refractivity contribution in [2.45, 2.75) is 12.5 Å². The van der Waals surface area contributed by atoms with Gasteiger partial charge in [-0.15, -0.1) is 0 Å². The van der Waals surface area contributed by atoms with Crippen LogP contribution in [0.1, 0.15) is 17.2 Å². The number of amides is 1. The molecule has 0 aromatic heterocycles. The van der Waals surface area contributed by atoms with E-state index in [0.717, 1.165) is 11.1 Å². The van der Waals surface area contributed by atoms with Crippen LogP contribution in [-0.4, -0.2) is 51.9 Å². The average molecular weight is 498 g/mol. The van der Waals surface area contributed by atoms with Crippen LogP contribution in [-0.2, 0) is 11.2 Å². The molecule has 4 rings (SSSR count).